The molecule has 1 aromatic carbocycles. The third kappa shape index (κ3) is 3.12. The van der Waals surface area contributed by atoms with Gasteiger partial charge in [-0.15, -0.1) is 0 Å². The molecule has 1 rings (SSSR count). The van der Waals surface area contributed by atoms with Gasteiger partial charge in [-0.1, -0.05) is 30.3 Å². The van der Waals surface area contributed by atoms with Crippen molar-refractivity contribution in [1.29, 1.82) is 0 Å². The molecule has 0 aromatic heterocycles. The predicted molar refractivity (Wildman–Crippen MR) is 60.1 cm³/mol. The van der Waals surface area contributed by atoms with E-state index in [1.54, 1.807) is 0 Å². The summed E-state index contributed by atoms with van der Waals surface area (Å²) in [5, 5.41) is 1.26. The van der Waals surface area contributed by atoms with Crippen LogP contribution in [0.5, 0.6) is 0 Å². The van der Waals surface area contributed by atoms with Gasteiger partial charge in [0.2, 0.25) is 0 Å². The van der Waals surface area contributed by atoms with Gasteiger partial charge in [0.1, 0.15) is 5.85 Å². The molecule has 0 aliphatic carbocycles. The smallest absolute Gasteiger partial charge is 0.303 e. The van der Waals surface area contributed by atoms with Crippen LogP contribution in [-0.4, -0.2) is 18.5 Å². The van der Waals surface area contributed by atoms with E-state index < -0.39 is 7.92 Å². The van der Waals surface area contributed by atoms with Crippen LogP contribution in [-0.2, 0) is 9.53 Å². The summed E-state index contributed by atoms with van der Waals surface area (Å²) in [7, 11) is -0.412. The number of ether oxygens (including phenoxy) is 1. The van der Waals surface area contributed by atoms with Crippen molar-refractivity contribution in [2.24, 2.45) is 0 Å². The average Bonchev–Trinajstić information content (AvgIpc) is 2.17. The van der Waals surface area contributed by atoms with Gasteiger partial charge < -0.3 is 4.74 Å². The van der Waals surface area contributed by atoms with E-state index in [-0.39, 0.29) is 11.8 Å². The Morgan fingerprint density at radius 3 is 2.43 bits per heavy atom. The predicted octanol–water partition coefficient (Wildman–Crippen LogP) is 2.33. The Balaban J connectivity index is 2.65. The lowest BCUT2D eigenvalue weighted by atomic mass is 10.4. The van der Waals surface area contributed by atoms with Crippen LogP contribution < -0.4 is 5.30 Å². The Morgan fingerprint density at radius 2 is 1.93 bits per heavy atom. The number of carbonyl (C=O) groups is 1. The first-order chi connectivity index (χ1) is 6.61. The van der Waals surface area contributed by atoms with Crippen LogP contribution in [0, 0.1) is 0 Å². The third-order valence-electron chi connectivity index (χ3n) is 2.05. The summed E-state index contributed by atoms with van der Waals surface area (Å²) in [6.45, 7) is 5.52. The lowest BCUT2D eigenvalue weighted by Gasteiger charge is -2.20. The second-order valence-corrected chi connectivity index (χ2v) is 5.62. The largest absolute Gasteiger partial charge is 0.458 e. The van der Waals surface area contributed by atoms with E-state index in [0.29, 0.717) is 0 Å². The maximum Gasteiger partial charge on any atom is 0.303 e. The Bertz CT molecular complexity index is 297. The summed E-state index contributed by atoms with van der Waals surface area (Å²) in [5.74, 6) is -0.215. The molecule has 2 nitrogen and oxygen atoms in total. The standard InChI is InChI=1S/C11H15O2P/c1-9(12)13-10(2)14(3)11-7-5-4-6-8-11/h4-8,10H,1-3H3. The van der Waals surface area contributed by atoms with Gasteiger partial charge in [0, 0.05) is 6.92 Å². The quantitative estimate of drug-likeness (QED) is 0.565. The molecule has 2 unspecified atom stereocenters. The summed E-state index contributed by atoms with van der Waals surface area (Å²) in [4.78, 5) is 10.8. The SMILES string of the molecule is CC(=O)OC(C)P(C)c1ccccc1. The zero-order valence-electron chi connectivity index (χ0n) is 8.73. The first kappa shape index (κ1) is 11.2. The summed E-state index contributed by atoms with van der Waals surface area (Å²) in [6.07, 6.45) is 0. The summed E-state index contributed by atoms with van der Waals surface area (Å²) >= 11 is 0. The fourth-order valence-corrected chi connectivity index (χ4v) is 2.56. The number of hydrogen-bond donors (Lipinski definition) is 0. The molecule has 0 saturated carbocycles. The van der Waals surface area contributed by atoms with Crippen LogP contribution in [0.15, 0.2) is 30.3 Å². The molecule has 14 heavy (non-hydrogen) atoms. The van der Waals surface area contributed by atoms with Crippen molar-refractivity contribution in [1.82, 2.24) is 0 Å². The molecule has 0 spiro atoms. The minimum Gasteiger partial charge on any atom is -0.458 e. The van der Waals surface area contributed by atoms with Gasteiger partial charge in [-0.05, 0) is 26.8 Å². The van der Waals surface area contributed by atoms with Crippen LogP contribution in [0.25, 0.3) is 0 Å². The maximum atomic E-state index is 10.8. The number of benzene rings is 1. The summed E-state index contributed by atoms with van der Waals surface area (Å²) in [6, 6.07) is 10.2. The van der Waals surface area contributed by atoms with E-state index in [9.17, 15) is 4.79 Å². The van der Waals surface area contributed by atoms with E-state index in [1.807, 2.05) is 25.1 Å². The molecular weight excluding hydrogens is 195 g/mol. The van der Waals surface area contributed by atoms with Crippen LogP contribution in [0.1, 0.15) is 13.8 Å². The van der Waals surface area contributed by atoms with Crippen molar-refractivity contribution in [3.05, 3.63) is 30.3 Å². The number of rotatable bonds is 3. The molecular formula is C11H15O2P. The molecule has 3 heteroatoms. The Hall–Kier alpha value is -0.880. The van der Waals surface area contributed by atoms with Crippen molar-refractivity contribution < 1.29 is 9.53 Å². The molecule has 0 N–H and O–H groups in total. The average molecular weight is 210 g/mol. The Kier molecular flexibility index (Phi) is 4.09. The summed E-state index contributed by atoms with van der Waals surface area (Å²) < 4.78 is 5.16. The normalized spacial score (nSPS) is 14.5. The van der Waals surface area contributed by atoms with Crippen LogP contribution in [0.3, 0.4) is 0 Å². The van der Waals surface area contributed by atoms with Gasteiger partial charge in [0.05, 0.1) is 0 Å². The number of hydrogen-bond acceptors (Lipinski definition) is 2. The van der Waals surface area contributed by atoms with Crippen molar-refractivity contribution >= 4 is 19.2 Å². The lowest BCUT2D eigenvalue weighted by molar-refractivity contribution is -0.141. The topological polar surface area (TPSA) is 26.3 Å². The molecule has 0 radical (unpaired) electrons. The molecule has 0 aliphatic heterocycles. The summed E-state index contributed by atoms with van der Waals surface area (Å²) in [5.41, 5.74) is 0. The number of esters is 1. The fourth-order valence-electron chi connectivity index (χ4n) is 1.19. The highest BCUT2D eigenvalue weighted by Crippen LogP contribution is 2.36. The van der Waals surface area contributed by atoms with E-state index in [4.69, 9.17) is 4.74 Å². The molecule has 0 saturated heterocycles. The van der Waals surface area contributed by atoms with Crippen LogP contribution >= 0.6 is 7.92 Å². The molecule has 1 aromatic rings. The fraction of sp³-hybridized carbons (Fsp3) is 0.364. The lowest BCUT2D eigenvalue weighted by Crippen LogP contribution is -2.15. The van der Waals surface area contributed by atoms with Crippen molar-refractivity contribution in [2.45, 2.75) is 19.7 Å². The molecule has 0 aliphatic rings. The molecule has 0 amide bonds. The molecule has 76 valence electrons. The maximum absolute atomic E-state index is 10.8. The van der Waals surface area contributed by atoms with Crippen LogP contribution in [0.4, 0.5) is 0 Å². The van der Waals surface area contributed by atoms with Gasteiger partial charge >= 0.3 is 5.97 Å². The minimum absolute atomic E-state index is 0.00935. The highest BCUT2D eigenvalue weighted by Gasteiger charge is 2.15. The van der Waals surface area contributed by atoms with Crippen molar-refractivity contribution in [3.63, 3.8) is 0 Å². The van der Waals surface area contributed by atoms with Gasteiger partial charge in [0.15, 0.2) is 0 Å². The van der Waals surface area contributed by atoms with Crippen molar-refractivity contribution in [3.8, 4) is 0 Å². The third-order valence-corrected chi connectivity index (χ3v) is 4.35. The van der Waals surface area contributed by atoms with E-state index in [1.165, 1.54) is 12.2 Å². The zero-order chi connectivity index (χ0) is 10.6. The van der Waals surface area contributed by atoms with Gasteiger partial charge in [-0.25, -0.2) is 0 Å². The number of carbonyl (C=O) groups excluding carboxylic acids is 1. The van der Waals surface area contributed by atoms with Gasteiger partial charge in [-0.2, -0.15) is 0 Å². The Morgan fingerprint density at radius 1 is 1.36 bits per heavy atom. The van der Waals surface area contributed by atoms with E-state index >= 15 is 0 Å². The highest BCUT2D eigenvalue weighted by molar-refractivity contribution is 7.65. The first-order valence-corrected chi connectivity index (χ1v) is 6.42. The second kappa shape index (κ2) is 5.11. The Labute approximate surface area is 86.0 Å². The van der Waals surface area contributed by atoms with Crippen molar-refractivity contribution in [2.75, 3.05) is 6.66 Å². The first-order valence-electron chi connectivity index (χ1n) is 4.56. The zero-order valence-corrected chi connectivity index (χ0v) is 9.62. The van der Waals surface area contributed by atoms with E-state index in [2.05, 4.69) is 18.8 Å². The highest BCUT2D eigenvalue weighted by atomic mass is 31.1. The molecule has 0 heterocycles. The van der Waals surface area contributed by atoms with E-state index in [0.717, 1.165) is 0 Å². The molecule has 2 atom stereocenters. The molecule has 0 bridgehead atoms. The van der Waals surface area contributed by atoms with Gasteiger partial charge in [0.25, 0.3) is 0 Å². The van der Waals surface area contributed by atoms with Crippen LogP contribution in [0.2, 0.25) is 0 Å². The minimum atomic E-state index is -0.412. The second-order valence-electron chi connectivity index (χ2n) is 3.16. The molecule has 0 fully saturated rings. The van der Waals surface area contributed by atoms with Gasteiger partial charge in [-0.3, -0.25) is 4.79 Å². The monoisotopic (exact) mass is 210 g/mol.